The van der Waals surface area contributed by atoms with Crippen LogP contribution in [0.25, 0.3) is 0 Å². The van der Waals surface area contributed by atoms with E-state index in [2.05, 4.69) is 24.1 Å². The Bertz CT molecular complexity index is 374. The largest absolute Gasteiger partial charge is 0.497 e. The van der Waals surface area contributed by atoms with Crippen LogP contribution in [0.4, 0.5) is 0 Å². The molecule has 1 fully saturated rings. The van der Waals surface area contributed by atoms with Gasteiger partial charge in [0.1, 0.15) is 5.75 Å². The maximum atomic E-state index is 6.25. The van der Waals surface area contributed by atoms with Gasteiger partial charge in [0.15, 0.2) is 0 Å². The fourth-order valence-corrected chi connectivity index (χ4v) is 2.46. The first-order valence-corrected chi connectivity index (χ1v) is 6.22. The number of likely N-dealkylation sites (N-methyl/N-ethyl adjacent to an activating group) is 1. The number of nitrogens with zero attached hydrogens (tertiary/aromatic N) is 1. The van der Waals surface area contributed by atoms with Gasteiger partial charge in [-0.25, -0.2) is 0 Å². The van der Waals surface area contributed by atoms with Gasteiger partial charge in [0.05, 0.1) is 7.11 Å². The first kappa shape index (κ1) is 12.4. The molecule has 2 N–H and O–H groups in total. The maximum absolute atomic E-state index is 6.25. The van der Waals surface area contributed by atoms with Crippen molar-refractivity contribution in [1.29, 1.82) is 0 Å². The van der Waals surface area contributed by atoms with Gasteiger partial charge in [0, 0.05) is 18.6 Å². The van der Waals surface area contributed by atoms with Gasteiger partial charge in [-0.1, -0.05) is 12.1 Å². The van der Waals surface area contributed by atoms with Crippen LogP contribution in [0, 0.1) is 0 Å². The van der Waals surface area contributed by atoms with Crippen molar-refractivity contribution in [3.8, 4) is 5.75 Å². The molecule has 0 atom stereocenters. The Hall–Kier alpha value is -1.06. The van der Waals surface area contributed by atoms with E-state index < -0.39 is 0 Å². The monoisotopic (exact) mass is 234 g/mol. The van der Waals surface area contributed by atoms with Crippen LogP contribution < -0.4 is 10.5 Å². The van der Waals surface area contributed by atoms with Crippen LogP contribution in [0.2, 0.25) is 0 Å². The molecule has 17 heavy (non-hydrogen) atoms. The molecule has 1 aliphatic rings. The lowest BCUT2D eigenvalue weighted by Crippen LogP contribution is -2.54. The maximum Gasteiger partial charge on any atom is 0.119 e. The summed E-state index contributed by atoms with van der Waals surface area (Å²) in [6.07, 6.45) is 3.61. The highest BCUT2D eigenvalue weighted by Gasteiger charge is 2.33. The Morgan fingerprint density at radius 2 is 2.18 bits per heavy atom. The van der Waals surface area contributed by atoms with E-state index in [-0.39, 0.29) is 5.54 Å². The molecule has 1 aliphatic carbocycles. The first-order valence-electron chi connectivity index (χ1n) is 6.22. The lowest BCUT2D eigenvalue weighted by Gasteiger charge is -2.41. The highest BCUT2D eigenvalue weighted by molar-refractivity contribution is 5.28. The minimum absolute atomic E-state index is 0.0631. The Labute approximate surface area is 104 Å². The van der Waals surface area contributed by atoms with E-state index in [0.717, 1.165) is 31.7 Å². The van der Waals surface area contributed by atoms with Gasteiger partial charge in [-0.2, -0.15) is 0 Å². The van der Waals surface area contributed by atoms with Crippen molar-refractivity contribution in [2.75, 3.05) is 20.7 Å². The average molecular weight is 234 g/mol. The van der Waals surface area contributed by atoms with Crippen molar-refractivity contribution in [1.82, 2.24) is 4.90 Å². The molecule has 0 spiro atoms. The van der Waals surface area contributed by atoms with Crippen LogP contribution in [-0.4, -0.2) is 31.1 Å². The van der Waals surface area contributed by atoms with Crippen LogP contribution in [0.3, 0.4) is 0 Å². The number of hydrogen-bond acceptors (Lipinski definition) is 3. The van der Waals surface area contributed by atoms with Crippen molar-refractivity contribution < 1.29 is 4.74 Å². The summed E-state index contributed by atoms with van der Waals surface area (Å²) in [4.78, 5) is 2.30. The van der Waals surface area contributed by atoms with Crippen LogP contribution in [-0.2, 0) is 6.54 Å². The average Bonchev–Trinajstić information content (AvgIpc) is 2.27. The third-order valence-electron chi connectivity index (χ3n) is 3.52. The van der Waals surface area contributed by atoms with Gasteiger partial charge < -0.3 is 15.4 Å². The molecule has 3 heteroatoms. The molecular weight excluding hydrogens is 212 g/mol. The summed E-state index contributed by atoms with van der Waals surface area (Å²) in [5.41, 5.74) is 7.58. The van der Waals surface area contributed by atoms with E-state index in [4.69, 9.17) is 10.5 Å². The van der Waals surface area contributed by atoms with Crippen LogP contribution in [0.1, 0.15) is 24.8 Å². The SMILES string of the molecule is COc1cccc(CN(C)CC2(N)CCC2)c1. The summed E-state index contributed by atoms with van der Waals surface area (Å²) < 4.78 is 5.23. The van der Waals surface area contributed by atoms with Gasteiger partial charge in [0.2, 0.25) is 0 Å². The molecule has 0 heterocycles. The summed E-state index contributed by atoms with van der Waals surface area (Å²) in [6.45, 7) is 1.90. The lowest BCUT2D eigenvalue weighted by atomic mass is 9.77. The van der Waals surface area contributed by atoms with Crippen LogP contribution >= 0.6 is 0 Å². The van der Waals surface area contributed by atoms with Crippen molar-refractivity contribution in [2.24, 2.45) is 5.73 Å². The van der Waals surface area contributed by atoms with Gasteiger partial charge in [-0.05, 0) is 44.0 Å². The van der Waals surface area contributed by atoms with Gasteiger partial charge in [0.25, 0.3) is 0 Å². The Morgan fingerprint density at radius 3 is 2.76 bits per heavy atom. The van der Waals surface area contributed by atoms with Crippen molar-refractivity contribution in [3.63, 3.8) is 0 Å². The van der Waals surface area contributed by atoms with E-state index in [1.165, 1.54) is 12.0 Å². The summed E-state index contributed by atoms with van der Waals surface area (Å²) >= 11 is 0. The van der Waals surface area contributed by atoms with Gasteiger partial charge >= 0.3 is 0 Å². The number of nitrogens with two attached hydrogens (primary N) is 1. The standard InChI is InChI=1S/C14H22N2O/c1-16(11-14(15)7-4-8-14)10-12-5-3-6-13(9-12)17-2/h3,5-6,9H,4,7-8,10-11,15H2,1-2H3. The molecule has 1 aromatic rings. The number of ether oxygens (including phenoxy) is 1. The number of methoxy groups -OCH3 is 1. The molecule has 2 rings (SSSR count). The highest BCUT2D eigenvalue weighted by Crippen LogP contribution is 2.29. The quantitative estimate of drug-likeness (QED) is 0.847. The van der Waals surface area contributed by atoms with E-state index in [1.54, 1.807) is 7.11 Å². The normalized spacial score (nSPS) is 17.9. The molecule has 94 valence electrons. The summed E-state index contributed by atoms with van der Waals surface area (Å²) in [5, 5.41) is 0. The number of benzene rings is 1. The van der Waals surface area contributed by atoms with E-state index in [0.29, 0.717) is 0 Å². The van der Waals surface area contributed by atoms with Crippen molar-refractivity contribution in [3.05, 3.63) is 29.8 Å². The molecule has 0 aliphatic heterocycles. The Kier molecular flexibility index (Phi) is 3.69. The number of hydrogen-bond donors (Lipinski definition) is 1. The predicted molar refractivity (Wildman–Crippen MR) is 70.1 cm³/mol. The second kappa shape index (κ2) is 5.07. The minimum atomic E-state index is 0.0631. The van der Waals surface area contributed by atoms with E-state index in [9.17, 15) is 0 Å². The molecule has 3 nitrogen and oxygen atoms in total. The smallest absolute Gasteiger partial charge is 0.119 e. The third-order valence-corrected chi connectivity index (χ3v) is 3.52. The molecule has 0 unspecified atom stereocenters. The van der Waals surface area contributed by atoms with Crippen LogP contribution in [0.15, 0.2) is 24.3 Å². The summed E-state index contributed by atoms with van der Waals surface area (Å²) in [5.74, 6) is 0.919. The van der Waals surface area contributed by atoms with Crippen molar-refractivity contribution in [2.45, 2.75) is 31.3 Å². The molecule has 0 aromatic heterocycles. The molecule has 1 aromatic carbocycles. The second-order valence-electron chi connectivity index (χ2n) is 5.24. The zero-order valence-electron chi connectivity index (χ0n) is 10.8. The van der Waals surface area contributed by atoms with Crippen LogP contribution in [0.5, 0.6) is 5.75 Å². The Morgan fingerprint density at radius 1 is 1.41 bits per heavy atom. The summed E-state index contributed by atoms with van der Waals surface area (Å²) in [6, 6.07) is 8.22. The zero-order chi connectivity index (χ0) is 12.3. The first-order chi connectivity index (χ1) is 8.11. The predicted octanol–water partition coefficient (Wildman–Crippen LogP) is 2.01. The molecular formula is C14H22N2O. The highest BCUT2D eigenvalue weighted by atomic mass is 16.5. The zero-order valence-corrected chi connectivity index (χ0v) is 10.8. The van der Waals surface area contributed by atoms with Crippen molar-refractivity contribution >= 4 is 0 Å². The van der Waals surface area contributed by atoms with Gasteiger partial charge in [-0.15, -0.1) is 0 Å². The molecule has 1 saturated carbocycles. The molecule has 0 saturated heterocycles. The third kappa shape index (κ3) is 3.20. The van der Waals surface area contributed by atoms with E-state index in [1.807, 2.05) is 12.1 Å². The number of rotatable bonds is 5. The second-order valence-corrected chi connectivity index (χ2v) is 5.24. The molecule has 0 bridgehead atoms. The topological polar surface area (TPSA) is 38.5 Å². The Balaban J connectivity index is 1.90. The fourth-order valence-electron chi connectivity index (χ4n) is 2.46. The van der Waals surface area contributed by atoms with Gasteiger partial charge in [-0.3, -0.25) is 0 Å². The van der Waals surface area contributed by atoms with E-state index >= 15 is 0 Å². The minimum Gasteiger partial charge on any atom is -0.497 e. The molecule has 0 radical (unpaired) electrons. The molecule has 0 amide bonds. The summed E-state index contributed by atoms with van der Waals surface area (Å²) in [7, 11) is 3.83. The fraction of sp³-hybridized carbons (Fsp3) is 0.571. The lowest BCUT2D eigenvalue weighted by molar-refractivity contribution is 0.161.